The Labute approximate surface area is 92.1 Å². The van der Waals surface area contributed by atoms with Crippen molar-refractivity contribution < 1.29 is 14.3 Å². The van der Waals surface area contributed by atoms with Crippen LogP contribution in [0.4, 0.5) is 0 Å². The summed E-state index contributed by atoms with van der Waals surface area (Å²) >= 11 is 0. The summed E-state index contributed by atoms with van der Waals surface area (Å²) in [6.07, 6.45) is 4.80. The van der Waals surface area contributed by atoms with Crippen LogP contribution in [-0.2, 0) is 14.3 Å². The Kier molecular flexibility index (Phi) is 5.26. The van der Waals surface area contributed by atoms with E-state index in [0.717, 1.165) is 25.7 Å². The fourth-order valence-corrected chi connectivity index (χ4v) is 1.80. The highest BCUT2D eigenvalue weighted by Gasteiger charge is 2.22. The van der Waals surface area contributed by atoms with E-state index >= 15 is 0 Å². The first-order chi connectivity index (χ1) is 7.13. The van der Waals surface area contributed by atoms with Crippen molar-refractivity contribution in [3.05, 3.63) is 0 Å². The van der Waals surface area contributed by atoms with Crippen molar-refractivity contribution in [2.24, 2.45) is 5.92 Å². The average Bonchev–Trinajstić information content (AvgIpc) is 2.26. The van der Waals surface area contributed by atoms with Crippen LogP contribution in [0, 0.1) is 5.92 Å². The van der Waals surface area contributed by atoms with Crippen LogP contribution in [0.5, 0.6) is 0 Å². The number of hydrogen-bond donors (Lipinski definition) is 0. The standard InChI is InChI=1S/C12H22O3/c1-9(2)12(13)8-15-11-6-4-10(14-3)5-7-11/h9-11H,4-8H2,1-3H3. The highest BCUT2D eigenvalue weighted by Crippen LogP contribution is 2.22. The van der Waals surface area contributed by atoms with Crippen molar-refractivity contribution in [3.8, 4) is 0 Å². The zero-order chi connectivity index (χ0) is 11.3. The summed E-state index contributed by atoms with van der Waals surface area (Å²) < 4.78 is 10.9. The molecule has 0 spiro atoms. The Morgan fingerprint density at radius 2 is 1.73 bits per heavy atom. The van der Waals surface area contributed by atoms with Crippen LogP contribution in [0.3, 0.4) is 0 Å². The molecule has 1 aliphatic carbocycles. The maximum atomic E-state index is 11.4. The quantitative estimate of drug-likeness (QED) is 0.703. The fraction of sp³-hybridized carbons (Fsp3) is 0.917. The smallest absolute Gasteiger partial charge is 0.160 e. The second-order valence-corrected chi connectivity index (χ2v) is 4.57. The fourth-order valence-electron chi connectivity index (χ4n) is 1.80. The van der Waals surface area contributed by atoms with Crippen molar-refractivity contribution in [2.45, 2.75) is 51.7 Å². The van der Waals surface area contributed by atoms with Crippen molar-refractivity contribution in [3.63, 3.8) is 0 Å². The second-order valence-electron chi connectivity index (χ2n) is 4.57. The maximum absolute atomic E-state index is 11.4. The van der Waals surface area contributed by atoms with E-state index in [9.17, 15) is 4.79 Å². The minimum Gasteiger partial charge on any atom is -0.381 e. The van der Waals surface area contributed by atoms with Gasteiger partial charge < -0.3 is 9.47 Å². The van der Waals surface area contributed by atoms with Gasteiger partial charge in [-0.05, 0) is 25.7 Å². The summed E-state index contributed by atoms with van der Waals surface area (Å²) in [5.74, 6) is 0.282. The molecule has 0 bridgehead atoms. The van der Waals surface area contributed by atoms with Gasteiger partial charge in [-0.1, -0.05) is 13.8 Å². The number of ether oxygens (including phenoxy) is 2. The number of Topliss-reactive ketones (excluding diaryl/α,β-unsaturated/α-hetero) is 1. The lowest BCUT2D eigenvalue weighted by atomic mass is 9.95. The van der Waals surface area contributed by atoms with Gasteiger partial charge in [0.1, 0.15) is 6.61 Å². The van der Waals surface area contributed by atoms with Crippen LogP contribution in [-0.4, -0.2) is 31.7 Å². The molecule has 0 N–H and O–H groups in total. The molecule has 1 aliphatic rings. The molecule has 0 heterocycles. The van der Waals surface area contributed by atoms with E-state index in [1.165, 1.54) is 0 Å². The number of carbonyl (C=O) groups excluding carboxylic acids is 1. The molecule has 1 rings (SSSR count). The second kappa shape index (κ2) is 6.23. The van der Waals surface area contributed by atoms with E-state index in [-0.39, 0.29) is 24.4 Å². The van der Waals surface area contributed by atoms with Gasteiger partial charge in [-0.3, -0.25) is 4.79 Å². The van der Waals surface area contributed by atoms with Gasteiger partial charge >= 0.3 is 0 Å². The van der Waals surface area contributed by atoms with Gasteiger partial charge in [0, 0.05) is 13.0 Å². The molecule has 15 heavy (non-hydrogen) atoms. The largest absolute Gasteiger partial charge is 0.381 e. The zero-order valence-corrected chi connectivity index (χ0v) is 9.99. The van der Waals surface area contributed by atoms with E-state index in [4.69, 9.17) is 9.47 Å². The highest BCUT2D eigenvalue weighted by molar-refractivity contribution is 5.81. The molecular formula is C12H22O3. The molecule has 0 unspecified atom stereocenters. The Balaban J connectivity index is 2.16. The monoisotopic (exact) mass is 214 g/mol. The normalized spacial score (nSPS) is 26.9. The minimum absolute atomic E-state index is 0.0836. The van der Waals surface area contributed by atoms with E-state index < -0.39 is 0 Å². The Hall–Kier alpha value is -0.410. The minimum atomic E-state index is 0.0836. The molecule has 1 saturated carbocycles. The SMILES string of the molecule is COC1CCC(OCC(=O)C(C)C)CC1. The van der Waals surface area contributed by atoms with E-state index in [1.54, 1.807) is 7.11 Å². The van der Waals surface area contributed by atoms with Crippen LogP contribution in [0.2, 0.25) is 0 Å². The number of methoxy groups -OCH3 is 1. The van der Waals surface area contributed by atoms with Gasteiger partial charge in [0.25, 0.3) is 0 Å². The van der Waals surface area contributed by atoms with Gasteiger partial charge in [-0.25, -0.2) is 0 Å². The molecule has 0 saturated heterocycles. The van der Waals surface area contributed by atoms with Gasteiger partial charge in [0.2, 0.25) is 0 Å². The van der Waals surface area contributed by atoms with Crippen molar-refractivity contribution in [1.82, 2.24) is 0 Å². The van der Waals surface area contributed by atoms with Crippen molar-refractivity contribution in [2.75, 3.05) is 13.7 Å². The highest BCUT2D eigenvalue weighted by atomic mass is 16.5. The van der Waals surface area contributed by atoms with Gasteiger partial charge in [0.05, 0.1) is 12.2 Å². The Morgan fingerprint density at radius 3 is 2.20 bits per heavy atom. The third-order valence-electron chi connectivity index (χ3n) is 3.06. The van der Waals surface area contributed by atoms with E-state index in [1.807, 2.05) is 13.8 Å². The van der Waals surface area contributed by atoms with E-state index in [0.29, 0.717) is 6.10 Å². The number of hydrogen-bond acceptors (Lipinski definition) is 3. The first-order valence-electron chi connectivity index (χ1n) is 5.80. The number of rotatable bonds is 5. The zero-order valence-electron chi connectivity index (χ0n) is 9.99. The van der Waals surface area contributed by atoms with E-state index in [2.05, 4.69) is 0 Å². The van der Waals surface area contributed by atoms with Crippen molar-refractivity contribution in [1.29, 1.82) is 0 Å². The average molecular weight is 214 g/mol. The predicted octanol–water partition coefficient (Wildman–Crippen LogP) is 2.19. The lowest BCUT2D eigenvalue weighted by Gasteiger charge is -2.27. The van der Waals surface area contributed by atoms with Gasteiger partial charge in [-0.15, -0.1) is 0 Å². The van der Waals surface area contributed by atoms with Crippen LogP contribution in [0.15, 0.2) is 0 Å². The maximum Gasteiger partial charge on any atom is 0.160 e. The predicted molar refractivity (Wildman–Crippen MR) is 58.9 cm³/mol. The molecule has 0 aromatic carbocycles. The summed E-state index contributed by atoms with van der Waals surface area (Å²) in [6, 6.07) is 0. The van der Waals surface area contributed by atoms with Crippen LogP contribution in [0.1, 0.15) is 39.5 Å². The molecule has 0 amide bonds. The summed E-state index contributed by atoms with van der Waals surface area (Å²) in [6.45, 7) is 4.10. The summed E-state index contributed by atoms with van der Waals surface area (Å²) in [5.41, 5.74) is 0. The topological polar surface area (TPSA) is 35.5 Å². The molecule has 0 aromatic rings. The lowest BCUT2D eigenvalue weighted by molar-refractivity contribution is -0.129. The van der Waals surface area contributed by atoms with Gasteiger partial charge in [0.15, 0.2) is 5.78 Å². The molecule has 1 fully saturated rings. The van der Waals surface area contributed by atoms with Crippen LogP contribution >= 0.6 is 0 Å². The van der Waals surface area contributed by atoms with Crippen molar-refractivity contribution >= 4 is 5.78 Å². The summed E-state index contributed by atoms with van der Waals surface area (Å²) in [7, 11) is 1.76. The summed E-state index contributed by atoms with van der Waals surface area (Å²) in [4.78, 5) is 11.4. The number of ketones is 1. The number of carbonyl (C=O) groups is 1. The summed E-state index contributed by atoms with van der Waals surface area (Å²) in [5, 5.41) is 0. The first kappa shape index (κ1) is 12.7. The molecule has 0 aromatic heterocycles. The third kappa shape index (κ3) is 4.31. The molecular weight excluding hydrogens is 192 g/mol. The van der Waals surface area contributed by atoms with Crippen LogP contribution < -0.4 is 0 Å². The molecule has 3 nitrogen and oxygen atoms in total. The first-order valence-corrected chi connectivity index (χ1v) is 5.80. The molecule has 0 radical (unpaired) electrons. The molecule has 88 valence electrons. The molecule has 0 aliphatic heterocycles. The Morgan fingerprint density at radius 1 is 1.20 bits per heavy atom. The Bertz CT molecular complexity index is 193. The third-order valence-corrected chi connectivity index (χ3v) is 3.06. The van der Waals surface area contributed by atoms with Gasteiger partial charge in [-0.2, -0.15) is 0 Å². The van der Waals surface area contributed by atoms with Crippen LogP contribution in [0.25, 0.3) is 0 Å². The molecule has 3 heteroatoms. The lowest BCUT2D eigenvalue weighted by Crippen LogP contribution is -2.28. The molecule has 0 atom stereocenters.